The molecule has 0 bridgehead atoms. The molecule has 1 aliphatic heterocycles. The van der Waals surface area contributed by atoms with Gasteiger partial charge in [0.2, 0.25) is 5.91 Å². The van der Waals surface area contributed by atoms with E-state index < -0.39 is 6.10 Å². The largest absolute Gasteiger partial charge is 0.481 e. The van der Waals surface area contributed by atoms with Crippen molar-refractivity contribution in [2.75, 3.05) is 13.1 Å². The smallest absolute Gasteiger partial charge is 0.263 e. The molecule has 2 aromatic rings. The van der Waals surface area contributed by atoms with Crippen molar-refractivity contribution in [2.24, 2.45) is 5.92 Å². The number of amides is 2. The lowest BCUT2D eigenvalue weighted by atomic mass is 9.95. The standard InChI is InChI=1S/C19H26N6O3/c1-13(2)21-18(26)15-8-10-24(11-9-15)19(27)14(3)28-17-6-4-16(5-7-17)25-12-20-22-23-25/h4-7,12-15H,8-11H2,1-3H3,(H,21,26). The SMILES string of the molecule is CC(C)NC(=O)C1CCN(C(=O)C(C)Oc2ccc(-n3cnnn3)cc2)CC1. The number of ether oxygens (including phenoxy) is 1. The zero-order chi connectivity index (χ0) is 20.1. The third-order valence-corrected chi connectivity index (χ3v) is 4.72. The minimum absolute atomic E-state index is 0.0264. The highest BCUT2D eigenvalue weighted by Crippen LogP contribution is 2.20. The maximum atomic E-state index is 12.7. The summed E-state index contributed by atoms with van der Waals surface area (Å²) >= 11 is 0. The lowest BCUT2D eigenvalue weighted by molar-refractivity contribution is -0.141. The predicted molar refractivity (Wildman–Crippen MR) is 102 cm³/mol. The number of likely N-dealkylation sites (tertiary alicyclic amines) is 1. The van der Waals surface area contributed by atoms with E-state index in [9.17, 15) is 9.59 Å². The minimum atomic E-state index is -0.597. The van der Waals surface area contributed by atoms with Crippen LogP contribution in [0.1, 0.15) is 33.6 Å². The van der Waals surface area contributed by atoms with Crippen molar-refractivity contribution in [3.63, 3.8) is 0 Å². The Morgan fingerprint density at radius 2 is 1.82 bits per heavy atom. The van der Waals surface area contributed by atoms with Crippen LogP contribution >= 0.6 is 0 Å². The van der Waals surface area contributed by atoms with Gasteiger partial charge >= 0.3 is 0 Å². The summed E-state index contributed by atoms with van der Waals surface area (Å²) in [4.78, 5) is 26.6. The Labute approximate surface area is 164 Å². The van der Waals surface area contributed by atoms with E-state index in [0.717, 1.165) is 5.69 Å². The van der Waals surface area contributed by atoms with Crippen molar-refractivity contribution < 1.29 is 14.3 Å². The Bertz CT molecular complexity index is 783. The fourth-order valence-electron chi connectivity index (χ4n) is 3.23. The molecule has 9 nitrogen and oxygen atoms in total. The zero-order valence-electron chi connectivity index (χ0n) is 16.4. The number of carbonyl (C=O) groups is 2. The summed E-state index contributed by atoms with van der Waals surface area (Å²) in [6.45, 7) is 6.78. The second-order valence-corrected chi connectivity index (χ2v) is 7.27. The van der Waals surface area contributed by atoms with Crippen molar-refractivity contribution in [3.05, 3.63) is 30.6 Å². The molecule has 1 atom stereocenters. The average Bonchev–Trinajstić information content (AvgIpc) is 3.22. The molecule has 1 fully saturated rings. The summed E-state index contributed by atoms with van der Waals surface area (Å²) in [5, 5.41) is 14.0. The van der Waals surface area contributed by atoms with Crippen molar-refractivity contribution >= 4 is 11.8 Å². The lowest BCUT2D eigenvalue weighted by Gasteiger charge is -2.33. The van der Waals surface area contributed by atoms with Crippen LogP contribution in [0.25, 0.3) is 5.69 Å². The van der Waals surface area contributed by atoms with Crippen LogP contribution in [0, 0.1) is 5.92 Å². The number of aromatic nitrogens is 4. The molecular formula is C19H26N6O3. The van der Waals surface area contributed by atoms with Gasteiger partial charge in [0, 0.05) is 25.0 Å². The van der Waals surface area contributed by atoms with Gasteiger partial charge < -0.3 is 15.0 Å². The molecule has 1 unspecified atom stereocenters. The van der Waals surface area contributed by atoms with Crippen LogP contribution in [-0.4, -0.2) is 62.2 Å². The number of nitrogens with one attached hydrogen (secondary N) is 1. The molecule has 0 spiro atoms. The number of tetrazole rings is 1. The number of rotatable bonds is 6. The van der Waals surface area contributed by atoms with Crippen molar-refractivity contribution in [1.29, 1.82) is 0 Å². The maximum Gasteiger partial charge on any atom is 0.263 e. The molecule has 28 heavy (non-hydrogen) atoms. The zero-order valence-corrected chi connectivity index (χ0v) is 16.4. The third kappa shape index (κ3) is 4.85. The summed E-state index contributed by atoms with van der Waals surface area (Å²) in [5.74, 6) is 0.590. The molecule has 2 heterocycles. The molecule has 1 aliphatic rings. The van der Waals surface area contributed by atoms with E-state index in [4.69, 9.17) is 4.74 Å². The van der Waals surface area contributed by atoms with Crippen molar-refractivity contribution in [3.8, 4) is 11.4 Å². The first kappa shape index (κ1) is 19.8. The molecule has 1 N–H and O–H groups in total. The van der Waals surface area contributed by atoms with E-state index >= 15 is 0 Å². The Balaban J connectivity index is 1.50. The fourth-order valence-corrected chi connectivity index (χ4v) is 3.23. The van der Waals surface area contributed by atoms with Gasteiger partial charge in [-0.1, -0.05) is 0 Å². The highest BCUT2D eigenvalue weighted by Gasteiger charge is 2.30. The number of benzene rings is 1. The first-order valence-electron chi connectivity index (χ1n) is 9.53. The minimum Gasteiger partial charge on any atom is -0.481 e. The van der Waals surface area contributed by atoms with Gasteiger partial charge in [0.1, 0.15) is 12.1 Å². The summed E-state index contributed by atoms with van der Waals surface area (Å²) in [5.41, 5.74) is 0.804. The van der Waals surface area contributed by atoms with E-state index in [2.05, 4.69) is 20.8 Å². The number of hydrogen-bond acceptors (Lipinski definition) is 6. The van der Waals surface area contributed by atoms with Gasteiger partial charge in [0.25, 0.3) is 5.91 Å². The van der Waals surface area contributed by atoms with E-state index in [0.29, 0.717) is 31.7 Å². The van der Waals surface area contributed by atoms with Crippen molar-refractivity contribution in [1.82, 2.24) is 30.4 Å². The van der Waals surface area contributed by atoms with Crippen LogP contribution in [0.2, 0.25) is 0 Å². The van der Waals surface area contributed by atoms with E-state index in [-0.39, 0.29) is 23.8 Å². The Kier molecular flexibility index (Phi) is 6.23. The van der Waals surface area contributed by atoms with Crippen LogP contribution in [0.15, 0.2) is 30.6 Å². The Morgan fingerprint density at radius 3 is 2.39 bits per heavy atom. The highest BCUT2D eigenvalue weighted by molar-refractivity contribution is 5.82. The van der Waals surface area contributed by atoms with Crippen molar-refractivity contribution in [2.45, 2.75) is 45.8 Å². The molecule has 150 valence electrons. The van der Waals surface area contributed by atoms with E-state index in [1.807, 2.05) is 26.0 Å². The topological polar surface area (TPSA) is 102 Å². The van der Waals surface area contributed by atoms with Gasteiger partial charge in [-0.2, -0.15) is 0 Å². The molecule has 0 radical (unpaired) electrons. The monoisotopic (exact) mass is 386 g/mol. The molecule has 0 aliphatic carbocycles. The highest BCUT2D eigenvalue weighted by atomic mass is 16.5. The first-order chi connectivity index (χ1) is 13.4. The molecule has 1 aromatic heterocycles. The van der Waals surface area contributed by atoms with Gasteiger partial charge in [-0.25, -0.2) is 4.68 Å². The summed E-state index contributed by atoms with van der Waals surface area (Å²) < 4.78 is 7.34. The third-order valence-electron chi connectivity index (χ3n) is 4.72. The van der Waals surface area contributed by atoms with Gasteiger partial charge in [0.05, 0.1) is 5.69 Å². The molecular weight excluding hydrogens is 360 g/mol. The van der Waals surface area contributed by atoms with Gasteiger partial charge in [-0.15, -0.1) is 5.10 Å². The number of carbonyl (C=O) groups excluding carboxylic acids is 2. The van der Waals surface area contributed by atoms with Gasteiger partial charge in [-0.05, 0) is 68.3 Å². The summed E-state index contributed by atoms with van der Waals surface area (Å²) in [7, 11) is 0. The van der Waals surface area contributed by atoms with Crippen LogP contribution in [-0.2, 0) is 9.59 Å². The number of nitrogens with zero attached hydrogens (tertiary/aromatic N) is 5. The molecule has 2 amide bonds. The van der Waals surface area contributed by atoms with Crippen LogP contribution in [0.5, 0.6) is 5.75 Å². The van der Waals surface area contributed by atoms with Crippen LogP contribution in [0.3, 0.4) is 0 Å². The second-order valence-electron chi connectivity index (χ2n) is 7.27. The van der Waals surface area contributed by atoms with Gasteiger partial charge in [0.15, 0.2) is 6.10 Å². The molecule has 0 saturated carbocycles. The van der Waals surface area contributed by atoms with E-state index in [1.165, 1.54) is 11.0 Å². The average molecular weight is 386 g/mol. The van der Waals surface area contributed by atoms with E-state index in [1.54, 1.807) is 24.0 Å². The lowest BCUT2D eigenvalue weighted by Crippen LogP contribution is -2.47. The second kappa shape index (κ2) is 8.81. The Morgan fingerprint density at radius 1 is 1.14 bits per heavy atom. The molecule has 1 aromatic carbocycles. The normalized spacial score (nSPS) is 16.1. The summed E-state index contributed by atoms with van der Waals surface area (Å²) in [6.07, 6.45) is 2.27. The Hall–Kier alpha value is -2.97. The fraction of sp³-hybridized carbons (Fsp3) is 0.526. The first-order valence-corrected chi connectivity index (χ1v) is 9.53. The molecule has 1 saturated heterocycles. The number of hydrogen-bond donors (Lipinski definition) is 1. The van der Waals surface area contributed by atoms with Gasteiger partial charge in [-0.3, -0.25) is 9.59 Å². The predicted octanol–water partition coefficient (Wildman–Crippen LogP) is 1.19. The van der Waals surface area contributed by atoms with Crippen LogP contribution < -0.4 is 10.1 Å². The van der Waals surface area contributed by atoms with Crippen LogP contribution in [0.4, 0.5) is 0 Å². The number of piperidine rings is 1. The quantitative estimate of drug-likeness (QED) is 0.800. The summed E-state index contributed by atoms with van der Waals surface area (Å²) in [6, 6.07) is 7.34. The maximum absolute atomic E-state index is 12.7. The molecule has 9 heteroatoms. The molecule has 3 rings (SSSR count).